The number of pyridine rings is 1. The van der Waals surface area contributed by atoms with Gasteiger partial charge in [0.05, 0.1) is 10.5 Å². The largest absolute Gasteiger partial charge is 0.350 e. The molecular weight excluding hydrogens is 299 g/mol. The van der Waals surface area contributed by atoms with E-state index in [1.54, 1.807) is 6.07 Å². The van der Waals surface area contributed by atoms with Crippen LogP contribution in [0.25, 0.3) is 11.1 Å². The average Bonchev–Trinajstić information content (AvgIpc) is 2.37. The van der Waals surface area contributed by atoms with E-state index < -0.39 is 15.7 Å². The van der Waals surface area contributed by atoms with Gasteiger partial charge in [0.25, 0.3) is 0 Å². The Kier molecular flexibility index (Phi) is 3.70. The summed E-state index contributed by atoms with van der Waals surface area (Å²) in [6.07, 6.45) is 2.17. The van der Waals surface area contributed by atoms with Crippen LogP contribution in [-0.2, 0) is 9.84 Å². The van der Waals surface area contributed by atoms with Crippen molar-refractivity contribution in [2.75, 3.05) is 6.26 Å². The highest BCUT2D eigenvalue weighted by atomic mass is 32.2. The summed E-state index contributed by atoms with van der Waals surface area (Å²) in [6, 6.07) is 7.49. The molecule has 0 saturated heterocycles. The van der Waals surface area contributed by atoms with Gasteiger partial charge >= 0.3 is 0 Å². The summed E-state index contributed by atoms with van der Waals surface area (Å²) in [7, 11) is -3.64. The van der Waals surface area contributed by atoms with Crippen molar-refractivity contribution in [2.45, 2.75) is 4.90 Å². The molecule has 2 aromatic rings. The molecule has 1 heterocycles. The van der Waals surface area contributed by atoms with Crippen molar-refractivity contribution < 1.29 is 12.8 Å². The number of aromatic nitrogens is 1. The molecule has 0 unspecified atom stereocenters. The first kappa shape index (κ1) is 14.4. The van der Waals surface area contributed by atoms with Crippen LogP contribution in [0.5, 0.6) is 0 Å². The Morgan fingerprint density at radius 1 is 1.35 bits per heavy atom. The Hall–Kier alpha value is -2.04. The molecule has 0 bridgehead atoms. The summed E-state index contributed by atoms with van der Waals surface area (Å²) in [6.45, 7) is 0. The highest BCUT2D eigenvalue weighted by molar-refractivity contribution is 7.90. The molecule has 0 aliphatic rings. The number of benzene rings is 1. The van der Waals surface area contributed by atoms with Crippen LogP contribution in [0, 0.1) is 21.8 Å². The topological polar surface area (TPSA) is 73.7 Å². The molecule has 0 spiro atoms. The molecule has 4 nitrogen and oxygen atoms in total. The molecule has 1 N–H and O–H groups in total. The van der Waals surface area contributed by atoms with Crippen LogP contribution in [0.1, 0.15) is 5.56 Å². The molecule has 0 aliphatic heterocycles. The van der Waals surface area contributed by atoms with E-state index in [1.807, 2.05) is 6.07 Å². The molecule has 20 heavy (non-hydrogen) atoms. The third kappa shape index (κ3) is 2.48. The maximum atomic E-state index is 13.9. The van der Waals surface area contributed by atoms with Gasteiger partial charge in [-0.05, 0) is 6.07 Å². The van der Waals surface area contributed by atoms with Gasteiger partial charge in [0.15, 0.2) is 9.84 Å². The first-order valence-electron chi connectivity index (χ1n) is 5.47. The van der Waals surface area contributed by atoms with E-state index in [4.69, 9.17) is 12.2 Å². The van der Waals surface area contributed by atoms with Gasteiger partial charge in [-0.3, -0.25) is 0 Å². The Bertz CT molecular complexity index is 880. The van der Waals surface area contributed by atoms with Crippen LogP contribution in [-0.4, -0.2) is 19.7 Å². The van der Waals surface area contributed by atoms with Crippen LogP contribution in [0.15, 0.2) is 35.4 Å². The predicted octanol–water partition coefficient (Wildman–Crippen LogP) is 2.83. The summed E-state index contributed by atoms with van der Waals surface area (Å²) < 4.78 is 37.7. The first-order valence-corrected chi connectivity index (χ1v) is 7.77. The molecule has 1 aromatic heterocycles. The van der Waals surface area contributed by atoms with E-state index >= 15 is 0 Å². The molecule has 0 saturated carbocycles. The number of rotatable bonds is 2. The van der Waals surface area contributed by atoms with Crippen molar-refractivity contribution in [2.24, 2.45) is 0 Å². The van der Waals surface area contributed by atoms with Crippen molar-refractivity contribution in [3.63, 3.8) is 0 Å². The standard InChI is InChI=1S/C13H9FN2O2S2/c1-20(17,18)11-7-16-13(19)9(6-15)12(11)8-4-2-3-5-10(8)14/h2-5,7H,1H3,(H,16,19). The lowest BCUT2D eigenvalue weighted by molar-refractivity contribution is 0.601. The lowest BCUT2D eigenvalue weighted by Crippen LogP contribution is -2.04. The number of H-pyrrole nitrogens is 1. The molecule has 1 aromatic carbocycles. The number of halogens is 1. The van der Waals surface area contributed by atoms with Gasteiger partial charge < -0.3 is 4.98 Å². The Morgan fingerprint density at radius 2 is 2.00 bits per heavy atom. The summed E-state index contributed by atoms with van der Waals surface area (Å²) >= 11 is 4.97. The molecule has 102 valence electrons. The molecule has 0 aliphatic carbocycles. The lowest BCUT2D eigenvalue weighted by atomic mass is 10.0. The molecule has 7 heteroatoms. The van der Waals surface area contributed by atoms with Crippen molar-refractivity contribution in [1.29, 1.82) is 5.26 Å². The Balaban J connectivity index is 3.01. The molecule has 0 radical (unpaired) electrons. The molecule has 0 atom stereocenters. The van der Waals surface area contributed by atoms with Crippen LogP contribution in [0.3, 0.4) is 0 Å². The minimum atomic E-state index is -3.64. The smallest absolute Gasteiger partial charge is 0.177 e. The normalized spacial score (nSPS) is 11.1. The van der Waals surface area contributed by atoms with E-state index in [2.05, 4.69) is 4.98 Å². The lowest BCUT2D eigenvalue weighted by Gasteiger charge is -2.11. The number of hydrogen-bond donors (Lipinski definition) is 1. The number of sulfone groups is 1. The summed E-state index contributed by atoms with van der Waals surface area (Å²) in [5, 5.41) is 9.19. The van der Waals surface area contributed by atoms with Gasteiger partial charge in [0.1, 0.15) is 16.5 Å². The number of nitrogens with zero attached hydrogens (tertiary/aromatic N) is 1. The van der Waals surface area contributed by atoms with Crippen LogP contribution < -0.4 is 0 Å². The van der Waals surface area contributed by atoms with E-state index in [9.17, 15) is 18.1 Å². The monoisotopic (exact) mass is 308 g/mol. The summed E-state index contributed by atoms with van der Waals surface area (Å²) in [5.41, 5.74) is -0.0329. The molecular formula is C13H9FN2O2S2. The average molecular weight is 308 g/mol. The van der Waals surface area contributed by atoms with Crippen LogP contribution in [0.2, 0.25) is 0 Å². The second-order valence-electron chi connectivity index (χ2n) is 4.10. The first-order chi connectivity index (χ1) is 9.36. The maximum Gasteiger partial charge on any atom is 0.177 e. The van der Waals surface area contributed by atoms with Gasteiger partial charge in [0, 0.05) is 23.6 Å². The number of aromatic amines is 1. The Morgan fingerprint density at radius 3 is 2.55 bits per heavy atom. The highest BCUT2D eigenvalue weighted by Gasteiger charge is 2.21. The number of nitriles is 1. The van der Waals surface area contributed by atoms with Crippen LogP contribution >= 0.6 is 12.2 Å². The van der Waals surface area contributed by atoms with E-state index in [-0.39, 0.29) is 26.2 Å². The Labute approximate surface area is 120 Å². The zero-order chi connectivity index (χ0) is 14.9. The van der Waals surface area contributed by atoms with E-state index in [0.717, 1.165) is 6.26 Å². The second-order valence-corrected chi connectivity index (χ2v) is 6.49. The minimum absolute atomic E-state index is 0.00292. The van der Waals surface area contributed by atoms with Gasteiger partial charge in [-0.2, -0.15) is 5.26 Å². The number of hydrogen-bond acceptors (Lipinski definition) is 4. The molecule has 2 rings (SSSR count). The fourth-order valence-corrected chi connectivity index (χ4v) is 2.91. The van der Waals surface area contributed by atoms with E-state index in [0.29, 0.717) is 0 Å². The van der Waals surface area contributed by atoms with Gasteiger partial charge in [-0.25, -0.2) is 12.8 Å². The van der Waals surface area contributed by atoms with E-state index in [1.165, 1.54) is 24.4 Å². The maximum absolute atomic E-state index is 13.9. The van der Waals surface area contributed by atoms with Gasteiger partial charge in [-0.15, -0.1) is 0 Å². The fraction of sp³-hybridized carbons (Fsp3) is 0.0769. The van der Waals surface area contributed by atoms with Crippen molar-refractivity contribution in [1.82, 2.24) is 4.98 Å². The van der Waals surface area contributed by atoms with Gasteiger partial charge in [-0.1, -0.05) is 30.4 Å². The predicted molar refractivity (Wildman–Crippen MR) is 74.8 cm³/mol. The summed E-state index contributed by atoms with van der Waals surface area (Å²) in [4.78, 5) is 2.39. The zero-order valence-corrected chi connectivity index (χ0v) is 12.0. The second kappa shape index (κ2) is 5.15. The van der Waals surface area contributed by atoms with Gasteiger partial charge in [0.2, 0.25) is 0 Å². The third-order valence-corrected chi connectivity index (χ3v) is 4.16. The SMILES string of the molecule is CS(=O)(=O)c1c[nH]c(=S)c(C#N)c1-c1ccccc1F. The van der Waals surface area contributed by atoms with Crippen molar-refractivity contribution >= 4 is 22.1 Å². The van der Waals surface area contributed by atoms with Crippen molar-refractivity contribution in [3.05, 3.63) is 46.5 Å². The van der Waals surface area contributed by atoms with Crippen LogP contribution in [0.4, 0.5) is 4.39 Å². The minimum Gasteiger partial charge on any atom is -0.350 e. The zero-order valence-electron chi connectivity index (χ0n) is 10.3. The number of nitrogens with one attached hydrogen (secondary N) is 1. The third-order valence-electron chi connectivity index (χ3n) is 2.71. The summed E-state index contributed by atoms with van der Waals surface area (Å²) in [5.74, 6) is -0.616. The molecule has 0 amide bonds. The quantitative estimate of drug-likeness (QED) is 0.866. The fourth-order valence-electron chi connectivity index (χ4n) is 1.84. The highest BCUT2D eigenvalue weighted by Crippen LogP contribution is 2.32. The van der Waals surface area contributed by atoms with Crippen molar-refractivity contribution in [3.8, 4) is 17.2 Å². The molecule has 0 fully saturated rings.